The summed E-state index contributed by atoms with van der Waals surface area (Å²) in [5.74, 6) is 0.930. The smallest absolute Gasteiger partial charge is 0.134 e. The highest BCUT2D eigenvalue weighted by Crippen LogP contribution is 2.52. The third-order valence-electron chi connectivity index (χ3n) is 13.2. The van der Waals surface area contributed by atoms with Gasteiger partial charge in [0.2, 0.25) is 0 Å². The van der Waals surface area contributed by atoms with Crippen LogP contribution in [0.4, 0.5) is 0 Å². The highest BCUT2D eigenvalue weighted by molar-refractivity contribution is 7.25. The van der Waals surface area contributed by atoms with Gasteiger partial charge in [0.15, 0.2) is 0 Å². The molecule has 0 N–H and O–H groups in total. The van der Waals surface area contributed by atoms with Crippen molar-refractivity contribution in [1.82, 2.24) is 0 Å². The zero-order valence-corrected chi connectivity index (χ0v) is 34.6. The van der Waals surface area contributed by atoms with Crippen molar-refractivity contribution in [2.75, 3.05) is 0 Å². The van der Waals surface area contributed by atoms with Gasteiger partial charge in [-0.3, -0.25) is 0 Å². The largest absolute Gasteiger partial charge is 0.461 e. The molecular weight excluding hydrogens is 745 g/mol. The SMILES string of the molecule is C=Cc1cc2c(cc1-c1c(C)oc3ccccc13)sc1ccc(-c3ccc4c(c3)C(C)(C)c3ccc(-c5c6ccccc6c(-c6ccccc6)c6ccccc56)cc3-4)cc12. The van der Waals surface area contributed by atoms with E-state index in [1.165, 1.54) is 103 Å². The topological polar surface area (TPSA) is 13.1 Å². The molecule has 2 heteroatoms. The van der Waals surface area contributed by atoms with Gasteiger partial charge in [-0.1, -0.05) is 154 Å². The van der Waals surface area contributed by atoms with E-state index < -0.39 is 0 Å². The Morgan fingerprint density at radius 1 is 0.450 bits per heavy atom. The summed E-state index contributed by atoms with van der Waals surface area (Å²) in [6.07, 6.45) is 1.99. The van der Waals surface area contributed by atoms with E-state index in [-0.39, 0.29) is 5.41 Å². The third kappa shape index (κ3) is 5.04. The molecule has 1 aliphatic carbocycles. The van der Waals surface area contributed by atoms with Crippen molar-refractivity contribution < 1.29 is 4.42 Å². The normalized spacial score (nSPS) is 13.1. The van der Waals surface area contributed by atoms with E-state index in [0.717, 1.165) is 27.9 Å². The fourth-order valence-electron chi connectivity index (χ4n) is 10.4. The predicted molar refractivity (Wildman–Crippen MR) is 258 cm³/mol. The number of thiophene rings is 1. The summed E-state index contributed by atoms with van der Waals surface area (Å²) in [5.41, 5.74) is 17.2. The molecule has 2 heterocycles. The van der Waals surface area contributed by atoms with Crippen LogP contribution in [-0.2, 0) is 5.41 Å². The van der Waals surface area contributed by atoms with Crippen LogP contribution in [0.15, 0.2) is 181 Å². The lowest BCUT2D eigenvalue weighted by Crippen LogP contribution is -2.15. The predicted octanol–water partition coefficient (Wildman–Crippen LogP) is 17.0. The number of benzene rings is 9. The summed E-state index contributed by atoms with van der Waals surface area (Å²) in [5, 5.41) is 8.79. The zero-order valence-electron chi connectivity index (χ0n) is 33.8. The van der Waals surface area contributed by atoms with Crippen LogP contribution in [0.2, 0.25) is 0 Å². The fraction of sp³-hybridized carbons (Fsp3) is 0.0690. The number of para-hydroxylation sites is 1. The summed E-state index contributed by atoms with van der Waals surface area (Å²) < 4.78 is 8.75. The monoisotopic (exact) mass is 784 g/mol. The van der Waals surface area contributed by atoms with Crippen LogP contribution >= 0.6 is 11.3 Å². The fourth-order valence-corrected chi connectivity index (χ4v) is 11.5. The number of hydrogen-bond donors (Lipinski definition) is 0. The van der Waals surface area contributed by atoms with Crippen LogP contribution in [0.5, 0.6) is 0 Å². The highest BCUT2D eigenvalue weighted by atomic mass is 32.1. The van der Waals surface area contributed by atoms with Gasteiger partial charge in [0.1, 0.15) is 11.3 Å². The maximum absolute atomic E-state index is 6.20. The molecule has 1 nitrogen and oxygen atoms in total. The minimum absolute atomic E-state index is 0.148. The van der Waals surface area contributed by atoms with E-state index >= 15 is 0 Å². The lowest BCUT2D eigenvalue weighted by molar-refractivity contribution is 0.580. The first-order chi connectivity index (χ1) is 29.4. The van der Waals surface area contributed by atoms with Crippen molar-refractivity contribution in [2.24, 2.45) is 0 Å². The number of aryl methyl sites for hydroxylation is 1. The first kappa shape index (κ1) is 35.0. The quantitative estimate of drug-likeness (QED) is 0.158. The Morgan fingerprint density at radius 3 is 1.77 bits per heavy atom. The Labute approximate surface area is 353 Å². The minimum atomic E-state index is -0.148. The van der Waals surface area contributed by atoms with Crippen molar-refractivity contribution in [3.05, 3.63) is 199 Å². The maximum atomic E-state index is 6.20. The maximum Gasteiger partial charge on any atom is 0.134 e. The number of fused-ring (bicyclic) bond motifs is 9. The van der Waals surface area contributed by atoms with Crippen molar-refractivity contribution in [1.29, 1.82) is 0 Å². The van der Waals surface area contributed by atoms with Crippen molar-refractivity contribution in [3.63, 3.8) is 0 Å². The molecule has 12 rings (SSSR count). The summed E-state index contributed by atoms with van der Waals surface area (Å²) in [6, 6.07) is 63.0. The first-order valence-corrected chi connectivity index (χ1v) is 21.6. The second-order valence-electron chi connectivity index (χ2n) is 16.8. The second-order valence-corrected chi connectivity index (χ2v) is 17.9. The van der Waals surface area contributed by atoms with Crippen molar-refractivity contribution in [3.8, 4) is 55.6 Å². The molecule has 0 saturated carbocycles. The van der Waals surface area contributed by atoms with Gasteiger partial charge in [0.25, 0.3) is 0 Å². The first-order valence-electron chi connectivity index (χ1n) is 20.8. The second kappa shape index (κ2) is 13.0. The van der Waals surface area contributed by atoms with E-state index in [9.17, 15) is 0 Å². The molecule has 0 fully saturated rings. The molecule has 0 bridgehead atoms. The van der Waals surface area contributed by atoms with Gasteiger partial charge >= 0.3 is 0 Å². The van der Waals surface area contributed by atoms with Crippen LogP contribution in [-0.4, -0.2) is 0 Å². The Morgan fingerprint density at radius 2 is 1.05 bits per heavy atom. The molecule has 0 spiro atoms. The Kier molecular flexibility index (Phi) is 7.58. The lowest BCUT2D eigenvalue weighted by Gasteiger charge is -2.22. The van der Waals surface area contributed by atoms with E-state index in [1.807, 2.05) is 29.5 Å². The van der Waals surface area contributed by atoms with Gasteiger partial charge < -0.3 is 4.42 Å². The van der Waals surface area contributed by atoms with Crippen LogP contribution in [0.1, 0.15) is 36.3 Å². The zero-order chi connectivity index (χ0) is 40.3. The molecule has 0 atom stereocenters. The third-order valence-corrected chi connectivity index (χ3v) is 14.3. The Balaban J connectivity index is 0.974. The number of rotatable bonds is 5. The molecule has 0 radical (unpaired) electrons. The highest BCUT2D eigenvalue weighted by Gasteiger charge is 2.36. The van der Waals surface area contributed by atoms with Gasteiger partial charge in [0.05, 0.1) is 0 Å². The van der Waals surface area contributed by atoms with Gasteiger partial charge in [0, 0.05) is 36.5 Å². The van der Waals surface area contributed by atoms with Crippen LogP contribution in [0.25, 0.3) is 114 Å². The van der Waals surface area contributed by atoms with Gasteiger partial charge in [-0.2, -0.15) is 0 Å². The summed E-state index contributed by atoms with van der Waals surface area (Å²) in [6.45, 7) is 11.1. The average molecular weight is 785 g/mol. The molecule has 2 aromatic heterocycles. The molecule has 0 unspecified atom stereocenters. The number of furan rings is 1. The molecular formula is C58H40OS. The molecule has 0 saturated heterocycles. The molecule has 60 heavy (non-hydrogen) atoms. The molecule has 1 aliphatic rings. The molecule has 284 valence electrons. The minimum Gasteiger partial charge on any atom is -0.461 e. The standard InChI is InChI=1S/C58H40OS/c1-5-35-29-49-48-30-37(25-28-53(48)60-54(49)33-46(35)55-34(2)59-52-22-14-13-21-45(52)55)38-23-26-40-47-31-39(24-27-50(47)58(3,4)51(40)32-38)57-43-19-11-9-17-41(43)56(36-15-7-6-8-16-36)42-18-10-12-20-44(42)57/h5-33H,1H2,2-4H3. The Bertz CT molecular complexity index is 3540. The van der Waals surface area contributed by atoms with Crippen molar-refractivity contribution >= 4 is 70.1 Å². The van der Waals surface area contributed by atoms with E-state index in [2.05, 4.69) is 185 Å². The average Bonchev–Trinajstić information content (AvgIpc) is 3.89. The molecule has 9 aromatic carbocycles. The number of hydrogen-bond acceptors (Lipinski definition) is 2. The summed E-state index contributed by atoms with van der Waals surface area (Å²) >= 11 is 1.85. The molecule has 0 aliphatic heterocycles. The lowest BCUT2D eigenvalue weighted by atomic mass is 9.81. The van der Waals surface area contributed by atoms with E-state index in [4.69, 9.17) is 4.42 Å². The Hall–Kier alpha value is -7.00. The molecule has 0 amide bonds. The summed E-state index contributed by atoms with van der Waals surface area (Å²) in [4.78, 5) is 0. The van der Waals surface area contributed by atoms with Gasteiger partial charge in [-0.05, 0) is 138 Å². The van der Waals surface area contributed by atoms with Crippen molar-refractivity contribution in [2.45, 2.75) is 26.2 Å². The van der Waals surface area contributed by atoms with E-state index in [0.29, 0.717) is 0 Å². The van der Waals surface area contributed by atoms with Gasteiger partial charge in [-0.15, -0.1) is 11.3 Å². The van der Waals surface area contributed by atoms with E-state index in [1.54, 1.807) is 0 Å². The molecule has 11 aromatic rings. The van der Waals surface area contributed by atoms with Crippen LogP contribution < -0.4 is 0 Å². The van der Waals surface area contributed by atoms with Crippen LogP contribution in [0, 0.1) is 6.92 Å². The van der Waals surface area contributed by atoms with Gasteiger partial charge in [-0.25, -0.2) is 0 Å². The summed E-state index contributed by atoms with van der Waals surface area (Å²) in [7, 11) is 0. The van der Waals surface area contributed by atoms with Crippen LogP contribution in [0.3, 0.4) is 0 Å².